The minimum Gasteiger partial charge on any atom is -0.444 e. The number of amides is 1. The molecule has 166 valence electrons. The Kier molecular flexibility index (Phi) is 5.57. The van der Waals surface area contributed by atoms with E-state index in [0.717, 1.165) is 34.4 Å². The van der Waals surface area contributed by atoms with Crippen LogP contribution in [-0.2, 0) is 0 Å². The minimum absolute atomic E-state index is 0.108. The standard InChI is InChI=1S/C26H30N4O2/c1-18-14-22(30(13-3-4-19(30)2)23-11-12-27-15-23)9-10-24(18)29-26(31)21-7-5-20(6-8-21)25-16-28-17-32-25/h5-10,14,16-17,19,23,27H,3-4,11-13,15H2,1-2H3/p+1. The molecule has 3 atom stereocenters. The number of anilines is 1. The molecule has 0 radical (unpaired) electrons. The van der Waals surface area contributed by atoms with Crippen molar-refractivity contribution in [2.24, 2.45) is 0 Å². The van der Waals surface area contributed by atoms with Gasteiger partial charge in [-0.1, -0.05) is 12.1 Å². The number of aryl methyl sites for hydroxylation is 1. The van der Waals surface area contributed by atoms with Crippen LogP contribution in [0.25, 0.3) is 11.3 Å². The lowest BCUT2D eigenvalue weighted by atomic mass is 10.0. The SMILES string of the molecule is Cc1cc([N+]2(C3CCNC3)CCCC2C)ccc1NC(=O)c1ccc(-c2cnco2)cc1. The van der Waals surface area contributed by atoms with Gasteiger partial charge >= 0.3 is 0 Å². The van der Waals surface area contributed by atoms with Crippen molar-refractivity contribution in [1.82, 2.24) is 14.8 Å². The Morgan fingerprint density at radius 3 is 2.66 bits per heavy atom. The fraction of sp³-hybridized carbons (Fsp3) is 0.385. The summed E-state index contributed by atoms with van der Waals surface area (Å²) in [5, 5.41) is 6.66. The lowest BCUT2D eigenvalue weighted by Crippen LogP contribution is -2.59. The average Bonchev–Trinajstić information content (AvgIpc) is 3.58. The summed E-state index contributed by atoms with van der Waals surface area (Å²) in [5.41, 5.74) is 4.88. The third kappa shape index (κ3) is 3.63. The van der Waals surface area contributed by atoms with Gasteiger partial charge in [-0.25, -0.2) is 4.98 Å². The molecule has 3 aromatic rings. The fourth-order valence-electron chi connectivity index (χ4n) is 5.65. The molecule has 1 amide bonds. The molecule has 0 spiro atoms. The maximum atomic E-state index is 12.9. The van der Waals surface area contributed by atoms with E-state index in [4.69, 9.17) is 4.42 Å². The molecule has 0 aliphatic carbocycles. The van der Waals surface area contributed by atoms with Gasteiger partial charge in [0, 0.05) is 61.3 Å². The summed E-state index contributed by atoms with van der Waals surface area (Å²) in [6, 6.07) is 15.3. The summed E-state index contributed by atoms with van der Waals surface area (Å²) in [4.78, 5) is 16.8. The Hall–Kier alpha value is -2.96. The summed E-state index contributed by atoms with van der Waals surface area (Å²) >= 11 is 0. The van der Waals surface area contributed by atoms with Crippen LogP contribution >= 0.6 is 0 Å². The van der Waals surface area contributed by atoms with Crippen LogP contribution in [-0.4, -0.2) is 42.6 Å². The second-order valence-electron chi connectivity index (χ2n) is 9.19. The van der Waals surface area contributed by atoms with Crippen LogP contribution in [0.15, 0.2) is 59.5 Å². The monoisotopic (exact) mass is 431 g/mol. The molecule has 5 rings (SSSR count). The van der Waals surface area contributed by atoms with Crippen LogP contribution in [0, 0.1) is 6.92 Å². The maximum absolute atomic E-state index is 12.9. The van der Waals surface area contributed by atoms with Gasteiger partial charge in [0.25, 0.3) is 5.91 Å². The zero-order chi connectivity index (χ0) is 22.1. The number of oxazole rings is 1. The molecule has 2 N–H and O–H groups in total. The number of hydrogen-bond donors (Lipinski definition) is 2. The second kappa shape index (κ2) is 8.52. The number of likely N-dealkylation sites (tertiary alicyclic amines) is 1. The van der Waals surface area contributed by atoms with E-state index >= 15 is 0 Å². The third-order valence-electron chi connectivity index (χ3n) is 7.43. The van der Waals surface area contributed by atoms with Crippen LogP contribution in [0.2, 0.25) is 0 Å². The molecule has 32 heavy (non-hydrogen) atoms. The van der Waals surface area contributed by atoms with Crippen molar-refractivity contribution in [2.75, 3.05) is 25.0 Å². The number of hydrogen-bond acceptors (Lipinski definition) is 4. The van der Waals surface area contributed by atoms with Crippen molar-refractivity contribution in [3.05, 3.63) is 66.2 Å². The Bertz CT molecular complexity index is 1090. The Morgan fingerprint density at radius 2 is 2.03 bits per heavy atom. The van der Waals surface area contributed by atoms with E-state index in [1.807, 2.05) is 24.3 Å². The highest BCUT2D eigenvalue weighted by atomic mass is 16.3. The summed E-state index contributed by atoms with van der Waals surface area (Å²) in [6.45, 7) is 7.90. The predicted octanol–water partition coefficient (Wildman–Crippen LogP) is 4.75. The van der Waals surface area contributed by atoms with Crippen molar-refractivity contribution < 1.29 is 9.21 Å². The molecule has 1 aromatic heterocycles. The summed E-state index contributed by atoms with van der Waals surface area (Å²) in [5.74, 6) is 0.581. The lowest BCUT2D eigenvalue weighted by molar-refractivity contribution is 0.102. The van der Waals surface area contributed by atoms with Gasteiger partial charge < -0.3 is 15.1 Å². The highest BCUT2D eigenvalue weighted by molar-refractivity contribution is 6.05. The van der Waals surface area contributed by atoms with Crippen molar-refractivity contribution in [3.8, 4) is 11.3 Å². The van der Waals surface area contributed by atoms with Crippen molar-refractivity contribution in [1.29, 1.82) is 0 Å². The molecule has 2 aromatic carbocycles. The lowest BCUT2D eigenvalue weighted by Gasteiger charge is -2.43. The van der Waals surface area contributed by atoms with Crippen LogP contribution < -0.4 is 15.1 Å². The molecule has 6 nitrogen and oxygen atoms in total. The van der Waals surface area contributed by atoms with Crippen LogP contribution in [0.5, 0.6) is 0 Å². The molecule has 2 aliphatic heterocycles. The largest absolute Gasteiger partial charge is 0.444 e. The van der Waals surface area contributed by atoms with Crippen molar-refractivity contribution in [3.63, 3.8) is 0 Å². The van der Waals surface area contributed by atoms with Gasteiger partial charge in [0.2, 0.25) is 0 Å². The van der Waals surface area contributed by atoms with Gasteiger partial charge in [0.15, 0.2) is 12.2 Å². The Balaban J connectivity index is 1.36. The number of quaternary nitrogens is 1. The molecule has 2 saturated heterocycles. The zero-order valence-electron chi connectivity index (χ0n) is 18.8. The van der Waals surface area contributed by atoms with E-state index in [-0.39, 0.29) is 5.91 Å². The first-order valence-electron chi connectivity index (χ1n) is 11.6. The molecular formula is C26H31N4O2+. The number of carbonyl (C=O) groups excluding carboxylic acids is 1. The molecule has 0 saturated carbocycles. The summed E-state index contributed by atoms with van der Waals surface area (Å²) in [6.07, 6.45) is 6.85. The van der Waals surface area contributed by atoms with Gasteiger partial charge in [-0.05, 0) is 37.6 Å². The van der Waals surface area contributed by atoms with Gasteiger partial charge in [-0.15, -0.1) is 0 Å². The Morgan fingerprint density at radius 1 is 1.19 bits per heavy atom. The van der Waals surface area contributed by atoms with Gasteiger partial charge in [-0.3, -0.25) is 9.28 Å². The molecule has 3 heterocycles. The van der Waals surface area contributed by atoms with Gasteiger partial charge in [0.05, 0.1) is 18.8 Å². The second-order valence-corrected chi connectivity index (χ2v) is 9.19. The molecule has 2 aliphatic rings. The highest BCUT2D eigenvalue weighted by Gasteiger charge is 2.48. The molecule has 2 fully saturated rings. The predicted molar refractivity (Wildman–Crippen MR) is 128 cm³/mol. The minimum atomic E-state index is -0.108. The number of nitrogens with zero attached hydrogens (tertiary/aromatic N) is 2. The fourth-order valence-corrected chi connectivity index (χ4v) is 5.65. The first-order chi connectivity index (χ1) is 15.6. The first kappa shape index (κ1) is 20.9. The Labute approximate surface area is 189 Å². The maximum Gasteiger partial charge on any atom is 0.255 e. The van der Waals surface area contributed by atoms with E-state index in [1.165, 1.54) is 37.9 Å². The number of carbonyl (C=O) groups is 1. The zero-order valence-corrected chi connectivity index (χ0v) is 18.8. The van der Waals surface area contributed by atoms with Gasteiger partial charge in [0.1, 0.15) is 11.7 Å². The van der Waals surface area contributed by atoms with Crippen LogP contribution in [0.4, 0.5) is 11.4 Å². The van der Waals surface area contributed by atoms with Crippen LogP contribution in [0.1, 0.15) is 42.1 Å². The van der Waals surface area contributed by atoms with E-state index in [1.54, 1.807) is 6.20 Å². The number of aromatic nitrogens is 1. The van der Waals surface area contributed by atoms with E-state index in [9.17, 15) is 4.79 Å². The summed E-state index contributed by atoms with van der Waals surface area (Å²) in [7, 11) is 0. The first-order valence-corrected chi connectivity index (χ1v) is 11.6. The molecule has 3 unspecified atom stereocenters. The molecule has 0 bridgehead atoms. The average molecular weight is 432 g/mol. The number of benzene rings is 2. The van der Waals surface area contributed by atoms with E-state index in [0.29, 0.717) is 23.4 Å². The molecule has 6 heteroatoms. The highest BCUT2D eigenvalue weighted by Crippen LogP contribution is 2.40. The van der Waals surface area contributed by atoms with E-state index in [2.05, 4.69) is 47.7 Å². The third-order valence-corrected chi connectivity index (χ3v) is 7.43. The summed E-state index contributed by atoms with van der Waals surface area (Å²) < 4.78 is 6.39. The molecular weight excluding hydrogens is 400 g/mol. The number of nitrogens with one attached hydrogen (secondary N) is 2. The van der Waals surface area contributed by atoms with Gasteiger partial charge in [-0.2, -0.15) is 0 Å². The quantitative estimate of drug-likeness (QED) is 0.572. The van der Waals surface area contributed by atoms with Crippen molar-refractivity contribution >= 4 is 17.3 Å². The van der Waals surface area contributed by atoms with E-state index < -0.39 is 0 Å². The smallest absolute Gasteiger partial charge is 0.255 e. The van der Waals surface area contributed by atoms with Crippen molar-refractivity contribution in [2.45, 2.75) is 45.2 Å². The number of rotatable bonds is 5. The van der Waals surface area contributed by atoms with Crippen LogP contribution in [0.3, 0.4) is 0 Å². The topological polar surface area (TPSA) is 67.2 Å². The normalized spacial score (nSPS) is 25.2.